The molecule has 0 N–H and O–H groups in total. The highest BCUT2D eigenvalue weighted by Gasteiger charge is 2.61. The molecule has 2 heterocycles. The molecule has 0 bridgehead atoms. The number of ether oxygens (including phenoxy) is 1. The average Bonchev–Trinajstić information content (AvgIpc) is 3.13. The maximum atomic E-state index is 13.1. The van der Waals surface area contributed by atoms with Crippen molar-refractivity contribution in [2.75, 3.05) is 12.0 Å². The number of anilines is 1. The number of amides is 3. The standard InChI is InChI=1S/C16H14N4O7/c1-9(21)19-16(7-12(17-19)14(23)27-2)8-13(22)18(15(16)24)10-4-3-5-11(6-10)20(25)26/h3-6H,7-8H2,1-2H3. The Kier molecular flexibility index (Phi) is 4.22. The van der Waals surface area contributed by atoms with E-state index in [1.54, 1.807) is 0 Å². The van der Waals surface area contributed by atoms with E-state index >= 15 is 0 Å². The molecular formula is C16H14N4O7. The highest BCUT2D eigenvalue weighted by Crippen LogP contribution is 2.41. The Morgan fingerprint density at radius 3 is 2.59 bits per heavy atom. The smallest absolute Gasteiger partial charge is 0.354 e. The van der Waals surface area contributed by atoms with Gasteiger partial charge in [-0.2, -0.15) is 5.10 Å². The third-order valence-corrected chi connectivity index (χ3v) is 4.40. The summed E-state index contributed by atoms with van der Waals surface area (Å²) < 4.78 is 4.59. The first-order chi connectivity index (χ1) is 12.7. The van der Waals surface area contributed by atoms with E-state index in [1.807, 2.05) is 0 Å². The van der Waals surface area contributed by atoms with E-state index in [1.165, 1.54) is 18.2 Å². The number of non-ortho nitro benzene ring substituents is 1. The molecule has 2 aliphatic rings. The van der Waals surface area contributed by atoms with Gasteiger partial charge in [-0.3, -0.25) is 24.5 Å². The molecule has 1 aromatic rings. The van der Waals surface area contributed by atoms with Gasteiger partial charge < -0.3 is 4.74 Å². The summed E-state index contributed by atoms with van der Waals surface area (Å²) in [6.07, 6.45) is -0.687. The highest BCUT2D eigenvalue weighted by molar-refractivity contribution is 6.39. The number of nitrogens with zero attached hydrogens (tertiary/aromatic N) is 4. The molecule has 11 nitrogen and oxygen atoms in total. The van der Waals surface area contributed by atoms with Crippen LogP contribution in [0.3, 0.4) is 0 Å². The number of hydrogen-bond acceptors (Lipinski definition) is 8. The van der Waals surface area contributed by atoms with Crippen molar-refractivity contribution >= 4 is 40.8 Å². The minimum absolute atomic E-state index is 0.00564. The van der Waals surface area contributed by atoms with Crippen LogP contribution in [-0.2, 0) is 23.9 Å². The topological polar surface area (TPSA) is 139 Å². The number of imide groups is 1. The largest absolute Gasteiger partial charge is 0.464 e. The van der Waals surface area contributed by atoms with Crippen LogP contribution in [-0.4, -0.2) is 52.0 Å². The summed E-state index contributed by atoms with van der Waals surface area (Å²) in [7, 11) is 1.13. The number of carbonyl (C=O) groups is 4. The van der Waals surface area contributed by atoms with Crippen molar-refractivity contribution < 1.29 is 28.8 Å². The number of hydrogen-bond donors (Lipinski definition) is 0. The molecule has 3 rings (SSSR count). The zero-order chi connectivity index (χ0) is 19.9. The normalized spacial score (nSPS) is 21.6. The van der Waals surface area contributed by atoms with Gasteiger partial charge in [0.05, 0.1) is 24.1 Å². The van der Waals surface area contributed by atoms with E-state index in [2.05, 4.69) is 9.84 Å². The van der Waals surface area contributed by atoms with Gasteiger partial charge in [-0.15, -0.1) is 0 Å². The van der Waals surface area contributed by atoms with Gasteiger partial charge >= 0.3 is 5.97 Å². The summed E-state index contributed by atoms with van der Waals surface area (Å²) >= 11 is 0. The molecule has 3 amide bonds. The summed E-state index contributed by atoms with van der Waals surface area (Å²) in [5.41, 5.74) is -2.13. The fourth-order valence-electron chi connectivity index (χ4n) is 3.24. The van der Waals surface area contributed by atoms with E-state index in [4.69, 9.17) is 0 Å². The number of rotatable bonds is 3. The molecule has 2 aliphatic heterocycles. The Hall–Kier alpha value is -3.63. The van der Waals surface area contributed by atoms with Crippen molar-refractivity contribution in [1.29, 1.82) is 0 Å². The van der Waals surface area contributed by atoms with Crippen molar-refractivity contribution in [3.63, 3.8) is 0 Å². The van der Waals surface area contributed by atoms with E-state index in [-0.39, 0.29) is 23.5 Å². The lowest BCUT2D eigenvalue weighted by molar-refractivity contribution is -0.384. The molecule has 0 saturated carbocycles. The van der Waals surface area contributed by atoms with Gasteiger partial charge in [0, 0.05) is 25.5 Å². The minimum atomic E-state index is -1.68. The molecule has 1 aromatic carbocycles. The van der Waals surface area contributed by atoms with E-state index in [9.17, 15) is 29.3 Å². The van der Waals surface area contributed by atoms with Crippen molar-refractivity contribution in [1.82, 2.24) is 5.01 Å². The van der Waals surface area contributed by atoms with E-state index in [0.717, 1.165) is 30.0 Å². The summed E-state index contributed by atoms with van der Waals surface area (Å²) in [6.45, 7) is 1.15. The Morgan fingerprint density at radius 1 is 1.30 bits per heavy atom. The molecule has 0 radical (unpaired) electrons. The van der Waals surface area contributed by atoms with Gasteiger partial charge in [-0.1, -0.05) is 6.07 Å². The quantitative estimate of drug-likeness (QED) is 0.322. The third kappa shape index (κ3) is 2.72. The number of esters is 1. The lowest BCUT2D eigenvalue weighted by atomic mass is 9.91. The first-order valence-electron chi connectivity index (χ1n) is 7.79. The number of nitro groups is 1. The highest BCUT2D eigenvalue weighted by atomic mass is 16.6. The summed E-state index contributed by atoms with van der Waals surface area (Å²) in [5, 5.41) is 15.7. The van der Waals surface area contributed by atoms with E-state index in [0.29, 0.717) is 0 Å². The number of nitro benzene ring substituents is 1. The van der Waals surface area contributed by atoms with Gasteiger partial charge in [0.25, 0.3) is 11.6 Å². The maximum absolute atomic E-state index is 13.1. The monoisotopic (exact) mass is 374 g/mol. The molecule has 1 atom stereocenters. The fourth-order valence-corrected chi connectivity index (χ4v) is 3.24. The molecule has 0 aromatic heterocycles. The predicted octanol–water partition coefficient (Wildman–Crippen LogP) is 0.378. The summed E-state index contributed by atoms with van der Waals surface area (Å²) in [4.78, 5) is 60.6. The van der Waals surface area contributed by atoms with Crippen LogP contribution in [0.4, 0.5) is 11.4 Å². The molecule has 11 heteroatoms. The number of methoxy groups -OCH3 is 1. The summed E-state index contributed by atoms with van der Waals surface area (Å²) in [6, 6.07) is 5.02. The van der Waals surface area contributed by atoms with Gasteiger partial charge in [0.1, 0.15) is 5.71 Å². The van der Waals surface area contributed by atoms with Crippen LogP contribution in [0, 0.1) is 10.1 Å². The maximum Gasteiger partial charge on any atom is 0.354 e. The van der Waals surface area contributed by atoms with Crippen LogP contribution in [0.1, 0.15) is 19.8 Å². The van der Waals surface area contributed by atoms with Gasteiger partial charge in [-0.25, -0.2) is 14.7 Å². The molecule has 1 saturated heterocycles. The lowest BCUT2D eigenvalue weighted by Crippen LogP contribution is -2.51. The summed E-state index contributed by atoms with van der Waals surface area (Å²) in [5.74, 6) is -2.89. The Labute approximate surface area is 152 Å². The van der Waals surface area contributed by atoms with Gasteiger partial charge in [0.15, 0.2) is 5.54 Å². The first kappa shape index (κ1) is 18.2. The van der Waals surface area contributed by atoms with Gasteiger partial charge in [0.2, 0.25) is 11.8 Å². The van der Waals surface area contributed by atoms with Crippen LogP contribution in [0.5, 0.6) is 0 Å². The Morgan fingerprint density at radius 2 is 2.00 bits per heavy atom. The molecule has 140 valence electrons. The van der Waals surface area contributed by atoms with Crippen LogP contribution in [0.15, 0.2) is 29.4 Å². The average molecular weight is 374 g/mol. The number of carbonyl (C=O) groups excluding carboxylic acids is 4. The van der Waals surface area contributed by atoms with Gasteiger partial charge in [-0.05, 0) is 6.07 Å². The minimum Gasteiger partial charge on any atom is -0.464 e. The second-order valence-electron chi connectivity index (χ2n) is 6.07. The SMILES string of the molecule is COC(=O)C1=NN(C(C)=O)C2(CC(=O)N(c3cccc([N+](=O)[O-])c3)C2=O)C1. The number of benzene rings is 1. The van der Waals surface area contributed by atoms with Crippen molar-refractivity contribution in [3.8, 4) is 0 Å². The van der Waals surface area contributed by atoms with E-state index < -0.39 is 40.6 Å². The molecule has 27 heavy (non-hydrogen) atoms. The zero-order valence-electron chi connectivity index (χ0n) is 14.4. The fraction of sp³-hybridized carbons (Fsp3) is 0.312. The lowest BCUT2D eigenvalue weighted by Gasteiger charge is -2.28. The zero-order valence-corrected chi connectivity index (χ0v) is 14.4. The molecule has 0 aliphatic carbocycles. The molecule has 1 unspecified atom stereocenters. The van der Waals surface area contributed by atoms with Crippen LogP contribution >= 0.6 is 0 Å². The Bertz CT molecular complexity index is 925. The van der Waals surface area contributed by atoms with Crippen LogP contribution in [0.25, 0.3) is 0 Å². The predicted molar refractivity (Wildman–Crippen MR) is 89.5 cm³/mol. The van der Waals surface area contributed by atoms with Crippen LogP contribution < -0.4 is 4.90 Å². The van der Waals surface area contributed by atoms with Crippen LogP contribution in [0.2, 0.25) is 0 Å². The second-order valence-corrected chi connectivity index (χ2v) is 6.07. The molecular weight excluding hydrogens is 360 g/mol. The third-order valence-electron chi connectivity index (χ3n) is 4.40. The Balaban J connectivity index is 2.03. The first-order valence-corrected chi connectivity index (χ1v) is 7.79. The van der Waals surface area contributed by atoms with Crippen molar-refractivity contribution in [2.24, 2.45) is 5.10 Å². The van der Waals surface area contributed by atoms with Crippen molar-refractivity contribution in [3.05, 3.63) is 34.4 Å². The van der Waals surface area contributed by atoms with Crippen molar-refractivity contribution in [2.45, 2.75) is 25.3 Å². The number of hydrazone groups is 1. The second kappa shape index (κ2) is 6.27. The molecule has 1 fully saturated rings. The molecule has 1 spiro atoms.